The maximum absolute atomic E-state index is 13.3. The zero-order valence-electron chi connectivity index (χ0n) is 17.2. The molecular formula is C25H21N3O2S. The Kier molecular flexibility index (Phi) is 6.00. The summed E-state index contributed by atoms with van der Waals surface area (Å²) >= 11 is 1.67. The van der Waals surface area contributed by atoms with E-state index in [-0.39, 0.29) is 11.8 Å². The lowest BCUT2D eigenvalue weighted by molar-refractivity contribution is -0.114. The summed E-state index contributed by atoms with van der Waals surface area (Å²) in [6, 6.07) is 24.8. The Morgan fingerprint density at radius 2 is 1.65 bits per heavy atom. The van der Waals surface area contributed by atoms with E-state index in [9.17, 15) is 9.59 Å². The highest BCUT2D eigenvalue weighted by molar-refractivity contribution is 7.98. The molecule has 4 rings (SSSR count). The molecule has 0 aromatic heterocycles. The van der Waals surface area contributed by atoms with Crippen LogP contribution in [0, 0.1) is 0 Å². The third-order valence-corrected chi connectivity index (χ3v) is 5.50. The third-order valence-electron chi connectivity index (χ3n) is 4.76. The molecule has 0 fully saturated rings. The Labute approximate surface area is 185 Å². The molecule has 0 spiro atoms. The molecule has 2 amide bonds. The van der Waals surface area contributed by atoms with Crippen LogP contribution in [0.5, 0.6) is 0 Å². The van der Waals surface area contributed by atoms with Gasteiger partial charge in [0.25, 0.3) is 5.91 Å². The molecule has 1 aliphatic rings. The number of aliphatic imine (C=N–C) groups is 1. The van der Waals surface area contributed by atoms with Gasteiger partial charge >= 0.3 is 0 Å². The van der Waals surface area contributed by atoms with Gasteiger partial charge in [0, 0.05) is 23.1 Å². The maximum Gasteiger partial charge on any atom is 0.282 e. The Balaban J connectivity index is 1.73. The number of hydrogen-bond donors (Lipinski definition) is 1. The van der Waals surface area contributed by atoms with Gasteiger partial charge in [0.1, 0.15) is 11.5 Å². The number of amides is 2. The van der Waals surface area contributed by atoms with Crippen LogP contribution >= 0.6 is 11.8 Å². The van der Waals surface area contributed by atoms with Gasteiger partial charge in [-0.25, -0.2) is 4.99 Å². The minimum absolute atomic E-state index is 0.144. The Bertz CT molecular complexity index is 1170. The zero-order valence-corrected chi connectivity index (χ0v) is 18.0. The van der Waals surface area contributed by atoms with Crippen LogP contribution in [0.15, 0.2) is 94.4 Å². The van der Waals surface area contributed by atoms with Crippen LogP contribution in [0.1, 0.15) is 18.1 Å². The van der Waals surface area contributed by atoms with E-state index in [4.69, 9.17) is 0 Å². The van der Waals surface area contributed by atoms with Gasteiger partial charge in [-0.05, 0) is 54.3 Å². The van der Waals surface area contributed by atoms with Gasteiger partial charge in [-0.1, -0.05) is 42.5 Å². The minimum atomic E-state index is -0.194. The second-order valence-corrected chi connectivity index (χ2v) is 7.85. The van der Waals surface area contributed by atoms with Gasteiger partial charge in [0.05, 0.1) is 5.69 Å². The molecule has 3 aromatic carbocycles. The summed E-state index contributed by atoms with van der Waals surface area (Å²) in [5.41, 5.74) is 3.50. The van der Waals surface area contributed by atoms with E-state index in [1.165, 1.54) is 6.92 Å². The van der Waals surface area contributed by atoms with Gasteiger partial charge < -0.3 is 5.32 Å². The quantitative estimate of drug-likeness (QED) is 0.450. The van der Waals surface area contributed by atoms with E-state index in [0.717, 1.165) is 16.0 Å². The molecule has 0 bridgehead atoms. The second-order valence-electron chi connectivity index (χ2n) is 6.97. The molecular weight excluding hydrogens is 406 g/mol. The van der Waals surface area contributed by atoms with E-state index in [2.05, 4.69) is 10.3 Å². The number of hydrogen-bond acceptors (Lipinski definition) is 4. The molecule has 1 aliphatic heterocycles. The molecule has 6 heteroatoms. The second kappa shape index (κ2) is 9.02. The number of thioether (sulfide) groups is 1. The van der Waals surface area contributed by atoms with Crippen LogP contribution in [0.4, 0.5) is 11.4 Å². The fourth-order valence-corrected chi connectivity index (χ4v) is 3.70. The smallest absolute Gasteiger partial charge is 0.282 e. The van der Waals surface area contributed by atoms with Gasteiger partial charge in [-0.15, -0.1) is 11.8 Å². The van der Waals surface area contributed by atoms with Crippen molar-refractivity contribution < 1.29 is 9.59 Å². The first-order valence-corrected chi connectivity index (χ1v) is 11.0. The molecule has 0 unspecified atom stereocenters. The van der Waals surface area contributed by atoms with Gasteiger partial charge in [-0.3, -0.25) is 14.5 Å². The number of rotatable bonds is 5. The molecule has 1 heterocycles. The summed E-state index contributed by atoms with van der Waals surface area (Å²) in [6.45, 7) is 1.46. The average Bonchev–Trinajstić information content (AvgIpc) is 3.11. The first-order valence-electron chi connectivity index (χ1n) is 9.77. The topological polar surface area (TPSA) is 61.8 Å². The van der Waals surface area contributed by atoms with E-state index in [1.54, 1.807) is 47.0 Å². The molecule has 0 saturated carbocycles. The van der Waals surface area contributed by atoms with Crippen molar-refractivity contribution in [1.82, 2.24) is 0 Å². The Morgan fingerprint density at radius 1 is 0.968 bits per heavy atom. The molecule has 0 atom stereocenters. The summed E-state index contributed by atoms with van der Waals surface area (Å²) in [6.07, 6.45) is 3.83. The summed E-state index contributed by atoms with van der Waals surface area (Å²) in [4.78, 5) is 32.1. The summed E-state index contributed by atoms with van der Waals surface area (Å²) in [7, 11) is 0. The molecule has 0 saturated heterocycles. The molecule has 31 heavy (non-hydrogen) atoms. The van der Waals surface area contributed by atoms with Crippen molar-refractivity contribution >= 4 is 46.9 Å². The fourth-order valence-electron chi connectivity index (χ4n) is 3.29. The number of carbonyl (C=O) groups excluding carboxylic acids is 2. The highest BCUT2D eigenvalue weighted by Crippen LogP contribution is 2.29. The van der Waals surface area contributed by atoms with Crippen molar-refractivity contribution in [3.63, 3.8) is 0 Å². The van der Waals surface area contributed by atoms with Crippen LogP contribution in [-0.2, 0) is 9.59 Å². The number of amidine groups is 1. The predicted molar refractivity (Wildman–Crippen MR) is 127 cm³/mol. The number of nitrogens with zero attached hydrogens (tertiary/aromatic N) is 2. The van der Waals surface area contributed by atoms with Crippen molar-refractivity contribution in [1.29, 1.82) is 0 Å². The van der Waals surface area contributed by atoms with Crippen LogP contribution in [-0.4, -0.2) is 23.9 Å². The standard InChI is InChI=1S/C25H21N3O2S/c1-17(29)26-20-10-12-21(13-11-20)28-24(19-6-4-3-5-7-19)27-23(25(28)30)16-18-8-14-22(31-2)15-9-18/h3-16H,1-2H3,(H,26,29). The largest absolute Gasteiger partial charge is 0.326 e. The molecule has 1 N–H and O–H groups in total. The molecule has 0 aliphatic carbocycles. The lowest BCUT2D eigenvalue weighted by Crippen LogP contribution is -2.32. The highest BCUT2D eigenvalue weighted by atomic mass is 32.2. The van der Waals surface area contributed by atoms with Gasteiger partial charge in [0.2, 0.25) is 5.91 Å². The number of benzene rings is 3. The Morgan fingerprint density at radius 3 is 2.26 bits per heavy atom. The number of anilines is 2. The van der Waals surface area contributed by atoms with E-state index >= 15 is 0 Å². The fraction of sp³-hybridized carbons (Fsp3) is 0.0800. The van der Waals surface area contributed by atoms with Gasteiger partial charge in [-0.2, -0.15) is 0 Å². The predicted octanol–water partition coefficient (Wildman–Crippen LogP) is 5.20. The monoisotopic (exact) mass is 427 g/mol. The van der Waals surface area contributed by atoms with Crippen LogP contribution in [0.3, 0.4) is 0 Å². The molecule has 0 radical (unpaired) electrons. The molecule has 5 nitrogen and oxygen atoms in total. The van der Waals surface area contributed by atoms with Crippen LogP contribution in [0.25, 0.3) is 6.08 Å². The lowest BCUT2D eigenvalue weighted by atomic mass is 10.1. The first kappa shape index (κ1) is 20.6. The van der Waals surface area contributed by atoms with E-state index in [1.807, 2.05) is 60.9 Å². The van der Waals surface area contributed by atoms with Crippen molar-refractivity contribution in [2.45, 2.75) is 11.8 Å². The molecule has 154 valence electrons. The number of carbonyl (C=O) groups is 2. The molecule has 3 aromatic rings. The Hall–Kier alpha value is -3.64. The number of nitrogens with one attached hydrogen (secondary N) is 1. The summed E-state index contributed by atoms with van der Waals surface area (Å²) in [5, 5.41) is 2.74. The van der Waals surface area contributed by atoms with Crippen molar-refractivity contribution in [3.8, 4) is 0 Å². The van der Waals surface area contributed by atoms with Crippen LogP contribution < -0.4 is 10.2 Å². The first-order chi connectivity index (χ1) is 15.0. The third kappa shape index (κ3) is 4.59. The summed E-state index contributed by atoms with van der Waals surface area (Å²) < 4.78 is 0. The normalized spacial score (nSPS) is 14.6. The summed E-state index contributed by atoms with van der Waals surface area (Å²) in [5.74, 6) is 0.235. The van der Waals surface area contributed by atoms with Crippen LogP contribution in [0.2, 0.25) is 0 Å². The highest BCUT2D eigenvalue weighted by Gasteiger charge is 2.32. The van der Waals surface area contributed by atoms with E-state index < -0.39 is 0 Å². The van der Waals surface area contributed by atoms with Crippen molar-refractivity contribution in [2.75, 3.05) is 16.5 Å². The SMILES string of the molecule is CSc1ccc(C=C2N=C(c3ccccc3)N(c3ccc(NC(C)=O)cc3)C2=O)cc1. The van der Waals surface area contributed by atoms with Crippen molar-refractivity contribution in [3.05, 3.63) is 95.7 Å². The average molecular weight is 428 g/mol. The zero-order chi connectivity index (χ0) is 21.8. The maximum atomic E-state index is 13.3. The van der Waals surface area contributed by atoms with E-state index in [0.29, 0.717) is 22.9 Å². The van der Waals surface area contributed by atoms with Gasteiger partial charge in [0.15, 0.2) is 0 Å². The van der Waals surface area contributed by atoms with Crippen molar-refractivity contribution in [2.24, 2.45) is 4.99 Å². The lowest BCUT2D eigenvalue weighted by Gasteiger charge is -2.19. The minimum Gasteiger partial charge on any atom is -0.326 e.